The lowest BCUT2D eigenvalue weighted by molar-refractivity contribution is -0.142. The van der Waals surface area contributed by atoms with Crippen LogP contribution in [0, 0.1) is 11.6 Å². The molecule has 8 nitrogen and oxygen atoms in total. The summed E-state index contributed by atoms with van der Waals surface area (Å²) in [5.41, 5.74) is 6.99. The summed E-state index contributed by atoms with van der Waals surface area (Å²) in [6, 6.07) is 9.00. The number of fused-ring (bicyclic) bond motifs is 1. The second kappa shape index (κ2) is 8.07. The van der Waals surface area contributed by atoms with Gasteiger partial charge in [0, 0.05) is 5.69 Å². The van der Waals surface area contributed by atoms with Crippen LogP contribution >= 0.6 is 0 Å². The molecule has 0 spiro atoms. The average molecular weight is 425 g/mol. The Kier molecular flexibility index (Phi) is 5.30. The number of hydrogen-bond donors (Lipinski definition) is 3. The molecule has 4 N–H and O–H groups in total. The van der Waals surface area contributed by atoms with Crippen LogP contribution in [0.5, 0.6) is 0 Å². The number of halogens is 2. The van der Waals surface area contributed by atoms with Crippen LogP contribution in [0.4, 0.5) is 20.3 Å². The molecule has 0 aliphatic carbocycles. The predicted octanol–water partition coefficient (Wildman–Crippen LogP) is 2.58. The van der Waals surface area contributed by atoms with Crippen LogP contribution in [0.15, 0.2) is 42.5 Å². The Morgan fingerprint density at radius 3 is 2.45 bits per heavy atom. The number of esters is 1. The van der Waals surface area contributed by atoms with Crippen LogP contribution in [0.1, 0.15) is 27.7 Å². The fourth-order valence-corrected chi connectivity index (χ4v) is 3.21. The first-order valence-electron chi connectivity index (χ1n) is 9.23. The van der Waals surface area contributed by atoms with Crippen molar-refractivity contribution in [1.29, 1.82) is 0 Å². The van der Waals surface area contributed by atoms with Gasteiger partial charge in [0.15, 0.2) is 5.82 Å². The molecule has 1 aliphatic heterocycles. The molecule has 1 amide bonds. The minimum absolute atomic E-state index is 0.0997. The molecule has 0 bridgehead atoms. The van der Waals surface area contributed by atoms with Crippen LogP contribution in [-0.4, -0.2) is 29.0 Å². The SMILES string of the molecule is COC(=O)C(N)c1ccc(Nc2nc(-c3c(F)cccc3F)nc3c2C(=O)NC3)cc1. The molecule has 158 valence electrons. The van der Waals surface area contributed by atoms with Crippen LogP contribution in [-0.2, 0) is 16.1 Å². The van der Waals surface area contributed by atoms with Crippen molar-refractivity contribution in [3.63, 3.8) is 0 Å². The van der Waals surface area contributed by atoms with Gasteiger partial charge in [0.2, 0.25) is 0 Å². The molecular weight excluding hydrogens is 408 g/mol. The minimum Gasteiger partial charge on any atom is -0.468 e. The van der Waals surface area contributed by atoms with Gasteiger partial charge in [-0.15, -0.1) is 0 Å². The van der Waals surface area contributed by atoms with E-state index in [1.165, 1.54) is 13.2 Å². The van der Waals surface area contributed by atoms with Crippen molar-refractivity contribution in [2.24, 2.45) is 5.73 Å². The van der Waals surface area contributed by atoms with E-state index in [1.54, 1.807) is 24.3 Å². The van der Waals surface area contributed by atoms with Gasteiger partial charge >= 0.3 is 5.97 Å². The Morgan fingerprint density at radius 1 is 1.13 bits per heavy atom. The molecule has 3 aromatic rings. The molecule has 1 atom stereocenters. The number of benzene rings is 2. The third kappa shape index (κ3) is 3.80. The fraction of sp³-hybridized carbons (Fsp3) is 0.143. The van der Waals surface area contributed by atoms with Gasteiger partial charge in [0.05, 0.1) is 24.9 Å². The van der Waals surface area contributed by atoms with E-state index in [-0.39, 0.29) is 29.3 Å². The quantitative estimate of drug-likeness (QED) is 0.538. The summed E-state index contributed by atoms with van der Waals surface area (Å²) in [5, 5.41) is 5.60. The molecule has 2 aromatic carbocycles. The van der Waals surface area contributed by atoms with Gasteiger partial charge in [0.25, 0.3) is 5.91 Å². The number of aromatic nitrogens is 2. The van der Waals surface area contributed by atoms with Crippen LogP contribution in [0.25, 0.3) is 11.4 Å². The van der Waals surface area contributed by atoms with E-state index in [1.807, 2.05) is 0 Å². The molecule has 10 heteroatoms. The number of amides is 1. The molecule has 2 heterocycles. The standard InChI is InChI=1S/C21H17F2N5O3/c1-31-21(30)17(24)10-5-7-11(8-6-10)26-19-16-14(9-25-20(16)29)27-18(28-19)15-12(22)3-2-4-13(15)23/h2-8,17H,9,24H2,1H3,(H,25,29)(H,26,27,28). The van der Waals surface area contributed by atoms with Crippen molar-refractivity contribution in [3.05, 3.63) is 70.9 Å². The van der Waals surface area contributed by atoms with E-state index in [2.05, 4.69) is 25.3 Å². The Morgan fingerprint density at radius 2 is 1.81 bits per heavy atom. The Hall–Kier alpha value is -3.92. The number of methoxy groups -OCH3 is 1. The van der Waals surface area contributed by atoms with Gasteiger partial charge < -0.3 is 21.1 Å². The molecule has 0 saturated heterocycles. The van der Waals surface area contributed by atoms with Gasteiger partial charge in [-0.1, -0.05) is 18.2 Å². The zero-order valence-electron chi connectivity index (χ0n) is 16.3. The Balaban J connectivity index is 1.72. The molecule has 0 radical (unpaired) electrons. The lowest BCUT2D eigenvalue weighted by Gasteiger charge is -2.13. The smallest absolute Gasteiger partial charge is 0.327 e. The van der Waals surface area contributed by atoms with Gasteiger partial charge in [-0.3, -0.25) is 9.59 Å². The van der Waals surface area contributed by atoms with Gasteiger partial charge in [-0.2, -0.15) is 0 Å². The second-order valence-electron chi connectivity index (χ2n) is 6.74. The molecule has 0 fully saturated rings. The normalized spacial score (nSPS) is 13.4. The van der Waals surface area contributed by atoms with Crippen molar-refractivity contribution >= 4 is 23.4 Å². The molecule has 1 unspecified atom stereocenters. The Labute approximate surface area is 175 Å². The van der Waals surface area contributed by atoms with Gasteiger partial charge in [0.1, 0.15) is 29.1 Å². The first-order valence-corrected chi connectivity index (χ1v) is 9.23. The summed E-state index contributed by atoms with van der Waals surface area (Å²) in [4.78, 5) is 32.3. The maximum Gasteiger partial charge on any atom is 0.327 e. The number of nitrogens with two attached hydrogens (primary N) is 1. The number of nitrogens with zero attached hydrogens (tertiary/aromatic N) is 2. The highest BCUT2D eigenvalue weighted by Gasteiger charge is 2.28. The van der Waals surface area contributed by atoms with Crippen molar-refractivity contribution in [1.82, 2.24) is 15.3 Å². The highest BCUT2D eigenvalue weighted by Crippen LogP contribution is 2.30. The Bertz CT molecular complexity index is 1160. The molecule has 31 heavy (non-hydrogen) atoms. The second-order valence-corrected chi connectivity index (χ2v) is 6.74. The highest BCUT2D eigenvalue weighted by atomic mass is 19.1. The predicted molar refractivity (Wildman–Crippen MR) is 107 cm³/mol. The third-order valence-corrected chi connectivity index (χ3v) is 4.80. The third-order valence-electron chi connectivity index (χ3n) is 4.80. The maximum absolute atomic E-state index is 14.3. The summed E-state index contributed by atoms with van der Waals surface area (Å²) in [5.74, 6) is -2.70. The zero-order chi connectivity index (χ0) is 22.1. The summed E-state index contributed by atoms with van der Waals surface area (Å²) in [6.07, 6.45) is 0. The molecule has 0 saturated carbocycles. The lowest BCUT2D eigenvalue weighted by atomic mass is 10.1. The van der Waals surface area contributed by atoms with E-state index >= 15 is 0 Å². The van der Waals surface area contributed by atoms with Crippen LogP contribution in [0.3, 0.4) is 0 Å². The molecule has 1 aliphatic rings. The first-order chi connectivity index (χ1) is 14.9. The van der Waals surface area contributed by atoms with E-state index in [0.717, 1.165) is 12.1 Å². The summed E-state index contributed by atoms with van der Waals surface area (Å²) < 4.78 is 33.2. The summed E-state index contributed by atoms with van der Waals surface area (Å²) in [6.45, 7) is 0.112. The molecule has 1 aromatic heterocycles. The van der Waals surface area contributed by atoms with E-state index in [4.69, 9.17) is 5.73 Å². The van der Waals surface area contributed by atoms with Crippen molar-refractivity contribution in [3.8, 4) is 11.4 Å². The largest absolute Gasteiger partial charge is 0.468 e. The zero-order valence-corrected chi connectivity index (χ0v) is 16.3. The topological polar surface area (TPSA) is 119 Å². The van der Waals surface area contributed by atoms with Gasteiger partial charge in [-0.25, -0.2) is 18.7 Å². The monoisotopic (exact) mass is 425 g/mol. The van der Waals surface area contributed by atoms with Crippen molar-refractivity contribution < 1.29 is 23.1 Å². The number of carbonyl (C=O) groups is 2. The summed E-state index contributed by atoms with van der Waals surface area (Å²) >= 11 is 0. The maximum atomic E-state index is 14.3. The van der Waals surface area contributed by atoms with E-state index in [9.17, 15) is 18.4 Å². The summed E-state index contributed by atoms with van der Waals surface area (Å²) in [7, 11) is 1.24. The number of nitrogens with one attached hydrogen (secondary N) is 2. The minimum atomic E-state index is -0.941. The van der Waals surface area contributed by atoms with E-state index in [0.29, 0.717) is 16.9 Å². The van der Waals surface area contributed by atoms with E-state index < -0.39 is 29.6 Å². The van der Waals surface area contributed by atoms with Crippen LogP contribution in [0.2, 0.25) is 0 Å². The van der Waals surface area contributed by atoms with Crippen molar-refractivity contribution in [2.75, 3.05) is 12.4 Å². The number of rotatable bonds is 5. The van der Waals surface area contributed by atoms with Gasteiger partial charge in [-0.05, 0) is 29.8 Å². The average Bonchev–Trinajstić information content (AvgIpc) is 3.14. The highest BCUT2D eigenvalue weighted by molar-refractivity contribution is 6.03. The molecule has 4 rings (SSSR count). The van der Waals surface area contributed by atoms with Crippen molar-refractivity contribution in [2.45, 2.75) is 12.6 Å². The number of ether oxygens (including phenoxy) is 1. The first kappa shape index (κ1) is 20.4. The number of anilines is 2. The molecular formula is C21H17F2N5O3. The lowest BCUT2D eigenvalue weighted by Crippen LogP contribution is -2.22. The fourth-order valence-electron chi connectivity index (χ4n) is 3.21. The van der Waals surface area contributed by atoms with Crippen LogP contribution < -0.4 is 16.4 Å². The number of carbonyl (C=O) groups excluding carboxylic acids is 2. The number of hydrogen-bond acceptors (Lipinski definition) is 7.